The first-order valence-electron chi connectivity index (χ1n) is 7.19. The van der Waals surface area contributed by atoms with Gasteiger partial charge in [-0.1, -0.05) is 13.3 Å². The SMILES string of the molecule is CCCC(N)CNc1nccc2cc(OC)c(OC)cc12. The van der Waals surface area contributed by atoms with Crippen LogP contribution in [0.3, 0.4) is 0 Å². The number of methoxy groups -OCH3 is 2. The molecule has 1 aromatic heterocycles. The van der Waals surface area contributed by atoms with Crippen LogP contribution in [-0.4, -0.2) is 31.8 Å². The Hall–Kier alpha value is -2.01. The first-order chi connectivity index (χ1) is 10.2. The van der Waals surface area contributed by atoms with E-state index in [1.54, 1.807) is 20.4 Å². The number of anilines is 1. The van der Waals surface area contributed by atoms with E-state index < -0.39 is 0 Å². The van der Waals surface area contributed by atoms with E-state index in [1.807, 2.05) is 18.2 Å². The molecule has 0 saturated carbocycles. The highest BCUT2D eigenvalue weighted by Gasteiger charge is 2.10. The lowest BCUT2D eigenvalue weighted by Crippen LogP contribution is -2.29. The molecule has 0 bridgehead atoms. The fourth-order valence-electron chi connectivity index (χ4n) is 2.34. The molecule has 0 spiro atoms. The highest BCUT2D eigenvalue weighted by molar-refractivity contribution is 5.94. The molecular weight excluding hydrogens is 266 g/mol. The zero-order chi connectivity index (χ0) is 15.2. The van der Waals surface area contributed by atoms with Crippen LogP contribution in [0, 0.1) is 0 Å². The molecule has 0 amide bonds. The molecular formula is C16H23N3O2. The van der Waals surface area contributed by atoms with Crippen molar-refractivity contribution in [2.24, 2.45) is 5.73 Å². The van der Waals surface area contributed by atoms with Crippen molar-refractivity contribution in [1.29, 1.82) is 0 Å². The summed E-state index contributed by atoms with van der Waals surface area (Å²) in [6, 6.07) is 5.98. The minimum absolute atomic E-state index is 0.132. The van der Waals surface area contributed by atoms with Crippen molar-refractivity contribution in [3.63, 3.8) is 0 Å². The molecule has 0 aliphatic carbocycles. The number of benzene rings is 1. The maximum atomic E-state index is 6.04. The predicted molar refractivity (Wildman–Crippen MR) is 86.2 cm³/mol. The third kappa shape index (κ3) is 3.55. The molecule has 1 aromatic carbocycles. The van der Waals surface area contributed by atoms with Crippen molar-refractivity contribution in [3.8, 4) is 11.5 Å². The van der Waals surface area contributed by atoms with Gasteiger partial charge in [-0.3, -0.25) is 0 Å². The van der Waals surface area contributed by atoms with Gasteiger partial charge in [0, 0.05) is 24.2 Å². The Bertz CT molecular complexity index is 601. The number of hydrogen-bond acceptors (Lipinski definition) is 5. The number of pyridine rings is 1. The van der Waals surface area contributed by atoms with E-state index in [2.05, 4.69) is 17.2 Å². The molecule has 0 saturated heterocycles. The molecule has 2 rings (SSSR count). The number of ether oxygens (including phenoxy) is 2. The number of rotatable bonds is 7. The molecule has 1 unspecified atom stereocenters. The fraction of sp³-hybridized carbons (Fsp3) is 0.438. The molecule has 5 nitrogen and oxygen atoms in total. The molecule has 3 N–H and O–H groups in total. The molecule has 21 heavy (non-hydrogen) atoms. The van der Waals surface area contributed by atoms with Gasteiger partial charge < -0.3 is 20.5 Å². The first kappa shape index (κ1) is 15.4. The summed E-state index contributed by atoms with van der Waals surface area (Å²) in [4.78, 5) is 4.41. The van der Waals surface area contributed by atoms with Crippen molar-refractivity contribution >= 4 is 16.6 Å². The molecule has 0 radical (unpaired) electrons. The molecule has 1 heterocycles. The Kier molecular flexibility index (Phi) is 5.22. The van der Waals surface area contributed by atoms with E-state index in [-0.39, 0.29) is 6.04 Å². The van der Waals surface area contributed by atoms with Crippen molar-refractivity contribution in [1.82, 2.24) is 4.98 Å². The van der Waals surface area contributed by atoms with Gasteiger partial charge in [0.2, 0.25) is 0 Å². The Labute approximate surface area is 125 Å². The molecule has 0 aliphatic rings. The third-order valence-corrected chi connectivity index (χ3v) is 3.46. The summed E-state index contributed by atoms with van der Waals surface area (Å²) in [5, 5.41) is 5.38. The normalized spacial score (nSPS) is 12.2. The zero-order valence-corrected chi connectivity index (χ0v) is 12.8. The van der Waals surface area contributed by atoms with Crippen LogP contribution in [0.5, 0.6) is 11.5 Å². The van der Waals surface area contributed by atoms with Crippen LogP contribution in [0.1, 0.15) is 19.8 Å². The largest absolute Gasteiger partial charge is 0.493 e. The lowest BCUT2D eigenvalue weighted by atomic mass is 10.1. The van der Waals surface area contributed by atoms with Crippen LogP contribution >= 0.6 is 0 Å². The second-order valence-electron chi connectivity index (χ2n) is 5.02. The Morgan fingerprint density at radius 2 is 1.95 bits per heavy atom. The summed E-state index contributed by atoms with van der Waals surface area (Å²) in [5.74, 6) is 2.23. The molecule has 114 valence electrons. The monoisotopic (exact) mass is 289 g/mol. The van der Waals surface area contributed by atoms with Gasteiger partial charge in [-0.2, -0.15) is 0 Å². The molecule has 2 aromatic rings. The first-order valence-corrected chi connectivity index (χ1v) is 7.19. The van der Waals surface area contributed by atoms with Crippen LogP contribution in [0.25, 0.3) is 10.8 Å². The maximum absolute atomic E-state index is 6.04. The van der Waals surface area contributed by atoms with Crippen LogP contribution in [0.2, 0.25) is 0 Å². The van der Waals surface area contributed by atoms with Gasteiger partial charge in [-0.05, 0) is 30.0 Å². The van der Waals surface area contributed by atoms with E-state index in [4.69, 9.17) is 15.2 Å². The van der Waals surface area contributed by atoms with Gasteiger partial charge in [-0.25, -0.2) is 4.98 Å². The topological polar surface area (TPSA) is 69.4 Å². The van der Waals surface area contributed by atoms with E-state index in [9.17, 15) is 0 Å². The van der Waals surface area contributed by atoms with Gasteiger partial charge in [0.05, 0.1) is 14.2 Å². The number of aromatic nitrogens is 1. The van der Waals surface area contributed by atoms with Gasteiger partial charge in [0.15, 0.2) is 11.5 Å². The fourth-order valence-corrected chi connectivity index (χ4v) is 2.34. The van der Waals surface area contributed by atoms with Gasteiger partial charge in [0.25, 0.3) is 0 Å². The number of nitrogens with zero attached hydrogens (tertiary/aromatic N) is 1. The zero-order valence-electron chi connectivity index (χ0n) is 12.8. The van der Waals surface area contributed by atoms with E-state index in [1.165, 1.54) is 0 Å². The smallest absolute Gasteiger partial charge is 0.161 e. The van der Waals surface area contributed by atoms with Crippen LogP contribution < -0.4 is 20.5 Å². The van der Waals surface area contributed by atoms with Crippen molar-refractivity contribution in [2.75, 3.05) is 26.1 Å². The Balaban J connectivity index is 2.31. The quantitative estimate of drug-likeness (QED) is 0.820. The molecule has 5 heteroatoms. The van der Waals surface area contributed by atoms with Gasteiger partial charge in [0.1, 0.15) is 5.82 Å². The van der Waals surface area contributed by atoms with Crippen molar-refractivity contribution < 1.29 is 9.47 Å². The van der Waals surface area contributed by atoms with Crippen LogP contribution in [-0.2, 0) is 0 Å². The second kappa shape index (κ2) is 7.13. The predicted octanol–water partition coefficient (Wildman–Crippen LogP) is 2.79. The lowest BCUT2D eigenvalue weighted by molar-refractivity contribution is 0.356. The summed E-state index contributed by atoms with van der Waals surface area (Å²) in [5.41, 5.74) is 6.04. The number of hydrogen-bond donors (Lipinski definition) is 2. The molecule has 0 aliphatic heterocycles. The van der Waals surface area contributed by atoms with Crippen molar-refractivity contribution in [3.05, 3.63) is 24.4 Å². The van der Waals surface area contributed by atoms with E-state index in [0.29, 0.717) is 18.0 Å². The van der Waals surface area contributed by atoms with Gasteiger partial charge in [-0.15, -0.1) is 0 Å². The lowest BCUT2D eigenvalue weighted by Gasteiger charge is -2.15. The minimum atomic E-state index is 0.132. The third-order valence-electron chi connectivity index (χ3n) is 3.46. The van der Waals surface area contributed by atoms with Crippen molar-refractivity contribution in [2.45, 2.75) is 25.8 Å². The summed E-state index contributed by atoms with van der Waals surface area (Å²) in [6.07, 6.45) is 3.85. The highest BCUT2D eigenvalue weighted by Crippen LogP contribution is 2.34. The standard InChI is InChI=1S/C16H23N3O2/c1-4-5-12(17)10-19-16-13-9-15(21-3)14(20-2)8-11(13)6-7-18-16/h6-9,12H,4-5,10,17H2,1-3H3,(H,18,19). The van der Waals surface area contributed by atoms with E-state index >= 15 is 0 Å². The summed E-state index contributed by atoms with van der Waals surface area (Å²) < 4.78 is 10.7. The number of fused-ring (bicyclic) bond motifs is 1. The van der Waals surface area contributed by atoms with E-state index in [0.717, 1.165) is 29.4 Å². The Morgan fingerprint density at radius 1 is 1.24 bits per heavy atom. The summed E-state index contributed by atoms with van der Waals surface area (Å²) in [6.45, 7) is 2.83. The Morgan fingerprint density at radius 3 is 2.62 bits per heavy atom. The average Bonchev–Trinajstić information content (AvgIpc) is 2.51. The summed E-state index contributed by atoms with van der Waals surface area (Å²) >= 11 is 0. The number of nitrogens with one attached hydrogen (secondary N) is 1. The molecule has 0 fully saturated rings. The summed E-state index contributed by atoms with van der Waals surface area (Å²) in [7, 11) is 3.26. The maximum Gasteiger partial charge on any atom is 0.161 e. The minimum Gasteiger partial charge on any atom is -0.493 e. The molecule has 1 atom stereocenters. The van der Waals surface area contributed by atoms with Crippen LogP contribution in [0.15, 0.2) is 24.4 Å². The number of nitrogens with two attached hydrogens (primary N) is 1. The van der Waals surface area contributed by atoms with Gasteiger partial charge >= 0.3 is 0 Å². The highest BCUT2D eigenvalue weighted by atomic mass is 16.5. The van der Waals surface area contributed by atoms with Crippen LogP contribution in [0.4, 0.5) is 5.82 Å². The average molecular weight is 289 g/mol. The second-order valence-corrected chi connectivity index (χ2v) is 5.02.